The molecule has 6 nitrogen and oxygen atoms in total. The van der Waals surface area contributed by atoms with Gasteiger partial charge in [0.2, 0.25) is 5.91 Å². The number of nitrogens with two attached hydrogens (primary N) is 2. The second-order valence-corrected chi connectivity index (χ2v) is 2.51. The molecule has 0 spiro atoms. The lowest BCUT2D eigenvalue weighted by molar-refractivity contribution is -0.192. The first kappa shape index (κ1) is 16.6. The number of hydrogen-bond acceptors (Lipinski definition) is 4. The number of carbonyl (C=O) groups excluding carboxylic acids is 1. The van der Waals surface area contributed by atoms with Crippen molar-refractivity contribution in [2.24, 2.45) is 11.5 Å². The number of aliphatic carboxylic acids is 1. The topological polar surface area (TPSA) is 130 Å². The van der Waals surface area contributed by atoms with Gasteiger partial charge in [-0.3, -0.25) is 4.79 Å². The van der Waals surface area contributed by atoms with Crippen LogP contribution in [-0.4, -0.2) is 29.2 Å². The van der Waals surface area contributed by atoms with Crippen LogP contribution in [0, 0.1) is 11.3 Å². The maximum atomic E-state index is 10.6. The second-order valence-electron chi connectivity index (χ2n) is 2.51. The van der Waals surface area contributed by atoms with E-state index >= 15 is 0 Å². The highest BCUT2D eigenvalue weighted by molar-refractivity contribution is 5.79. The SMILES string of the molecule is N#CCCC(N)C(N)=O.O=C(O)C(F)(F)F. The molecule has 0 aromatic rings. The van der Waals surface area contributed by atoms with E-state index in [0.717, 1.165) is 0 Å². The Bertz CT molecular complexity index is 285. The van der Waals surface area contributed by atoms with Crippen LogP contribution >= 0.6 is 0 Å². The van der Waals surface area contributed by atoms with Gasteiger partial charge in [-0.2, -0.15) is 18.4 Å². The normalized spacial score (nSPS) is 11.7. The van der Waals surface area contributed by atoms with Crippen molar-refractivity contribution in [3.05, 3.63) is 0 Å². The van der Waals surface area contributed by atoms with Crippen molar-refractivity contribution in [1.82, 2.24) is 0 Å². The number of hydrogen-bond donors (Lipinski definition) is 3. The van der Waals surface area contributed by atoms with Gasteiger partial charge in [0.25, 0.3) is 0 Å². The Morgan fingerprint density at radius 1 is 1.44 bits per heavy atom. The van der Waals surface area contributed by atoms with E-state index in [-0.39, 0.29) is 6.42 Å². The molecule has 1 amide bonds. The van der Waals surface area contributed by atoms with Crippen LogP contribution < -0.4 is 11.5 Å². The van der Waals surface area contributed by atoms with Gasteiger partial charge >= 0.3 is 12.1 Å². The molecule has 0 saturated carbocycles. The third-order valence-corrected chi connectivity index (χ3v) is 1.18. The van der Waals surface area contributed by atoms with Gasteiger partial charge in [0.1, 0.15) is 0 Å². The predicted octanol–water partition coefficient (Wildman–Crippen LogP) is -0.264. The number of primary amides is 1. The highest BCUT2D eigenvalue weighted by Crippen LogP contribution is 2.13. The number of amides is 1. The van der Waals surface area contributed by atoms with Gasteiger partial charge in [-0.25, -0.2) is 4.79 Å². The summed E-state index contributed by atoms with van der Waals surface area (Å²) in [6.45, 7) is 0. The molecule has 0 aromatic carbocycles. The number of nitriles is 1. The van der Waals surface area contributed by atoms with Crippen molar-refractivity contribution < 1.29 is 27.9 Å². The third-order valence-electron chi connectivity index (χ3n) is 1.18. The number of carboxylic acid groups (broad SMARTS) is 1. The predicted molar refractivity (Wildman–Crippen MR) is 45.7 cm³/mol. The molecular formula is C7H10F3N3O3. The minimum atomic E-state index is -5.08. The summed E-state index contributed by atoms with van der Waals surface area (Å²) in [4.78, 5) is 19.1. The Balaban J connectivity index is 0. The van der Waals surface area contributed by atoms with Crippen molar-refractivity contribution in [2.75, 3.05) is 0 Å². The van der Waals surface area contributed by atoms with Crippen LogP contribution in [0.15, 0.2) is 0 Å². The van der Waals surface area contributed by atoms with Crippen molar-refractivity contribution in [2.45, 2.75) is 25.1 Å². The van der Waals surface area contributed by atoms with E-state index in [1.807, 2.05) is 6.07 Å². The lowest BCUT2D eigenvalue weighted by Gasteiger charge is -2.01. The number of alkyl halides is 3. The number of nitrogens with zero attached hydrogens (tertiary/aromatic N) is 1. The Morgan fingerprint density at radius 3 is 2.00 bits per heavy atom. The zero-order valence-electron chi connectivity index (χ0n) is 7.99. The Kier molecular flexibility index (Phi) is 7.75. The first-order valence-electron chi connectivity index (χ1n) is 3.84. The Morgan fingerprint density at radius 2 is 1.81 bits per heavy atom. The summed E-state index contributed by atoms with van der Waals surface area (Å²) in [7, 11) is 0. The number of carbonyl (C=O) groups is 2. The molecule has 9 heteroatoms. The highest BCUT2D eigenvalue weighted by Gasteiger charge is 2.38. The average Bonchev–Trinajstić information content (AvgIpc) is 2.13. The first-order chi connectivity index (χ1) is 7.12. The fourth-order valence-corrected chi connectivity index (χ4v) is 0.362. The van der Waals surface area contributed by atoms with Crippen molar-refractivity contribution in [1.29, 1.82) is 5.26 Å². The minimum Gasteiger partial charge on any atom is -0.475 e. The molecule has 0 saturated heterocycles. The van der Waals surface area contributed by atoms with Gasteiger partial charge in [0, 0.05) is 6.42 Å². The molecule has 0 heterocycles. The summed E-state index contributed by atoms with van der Waals surface area (Å²) in [5, 5.41) is 15.2. The van der Waals surface area contributed by atoms with Gasteiger partial charge in [0.15, 0.2) is 0 Å². The summed E-state index contributed by atoms with van der Waals surface area (Å²) >= 11 is 0. The molecule has 0 bridgehead atoms. The fraction of sp³-hybridized carbons (Fsp3) is 0.571. The molecule has 0 aliphatic heterocycles. The van der Waals surface area contributed by atoms with Crippen LogP contribution in [0.1, 0.15) is 12.8 Å². The van der Waals surface area contributed by atoms with Crippen molar-refractivity contribution in [3.63, 3.8) is 0 Å². The smallest absolute Gasteiger partial charge is 0.475 e. The maximum absolute atomic E-state index is 10.6. The largest absolute Gasteiger partial charge is 0.490 e. The van der Waals surface area contributed by atoms with E-state index in [9.17, 15) is 18.0 Å². The lowest BCUT2D eigenvalue weighted by Crippen LogP contribution is -2.36. The van der Waals surface area contributed by atoms with Gasteiger partial charge in [0.05, 0.1) is 12.1 Å². The molecule has 92 valence electrons. The first-order valence-corrected chi connectivity index (χ1v) is 3.84. The van der Waals surface area contributed by atoms with Gasteiger partial charge in [-0.15, -0.1) is 0 Å². The molecule has 0 radical (unpaired) electrons. The molecule has 1 atom stereocenters. The quantitative estimate of drug-likeness (QED) is 0.626. The number of rotatable bonds is 3. The maximum Gasteiger partial charge on any atom is 0.490 e. The van der Waals surface area contributed by atoms with Crippen LogP contribution in [0.3, 0.4) is 0 Å². The molecule has 0 aliphatic carbocycles. The van der Waals surface area contributed by atoms with E-state index in [2.05, 4.69) is 0 Å². The van der Waals surface area contributed by atoms with E-state index in [4.69, 9.17) is 26.6 Å². The minimum absolute atomic E-state index is 0.282. The van der Waals surface area contributed by atoms with Gasteiger partial charge < -0.3 is 16.6 Å². The van der Waals surface area contributed by atoms with Crippen LogP contribution in [-0.2, 0) is 9.59 Å². The zero-order valence-corrected chi connectivity index (χ0v) is 7.99. The molecule has 0 rings (SSSR count). The molecule has 0 aromatic heterocycles. The van der Waals surface area contributed by atoms with E-state index in [1.54, 1.807) is 0 Å². The van der Waals surface area contributed by atoms with Crippen LogP contribution in [0.25, 0.3) is 0 Å². The standard InChI is InChI=1S/C5H9N3O.C2HF3O2/c6-3-1-2-4(7)5(8)9;3-2(4,5)1(6)7/h4H,1-2,7H2,(H2,8,9);(H,6,7). The van der Waals surface area contributed by atoms with E-state index < -0.39 is 24.1 Å². The zero-order chi connectivity index (χ0) is 13.4. The number of carboxylic acids is 1. The molecule has 0 aliphatic rings. The highest BCUT2D eigenvalue weighted by atomic mass is 19.4. The third kappa shape index (κ3) is 10.3. The van der Waals surface area contributed by atoms with E-state index in [0.29, 0.717) is 6.42 Å². The summed E-state index contributed by atoms with van der Waals surface area (Å²) < 4.78 is 31.7. The lowest BCUT2D eigenvalue weighted by atomic mass is 10.2. The van der Waals surface area contributed by atoms with Gasteiger partial charge in [-0.05, 0) is 6.42 Å². The number of halogens is 3. The molecule has 0 fully saturated rings. The monoisotopic (exact) mass is 241 g/mol. The van der Waals surface area contributed by atoms with Crippen LogP contribution in [0.4, 0.5) is 13.2 Å². The summed E-state index contributed by atoms with van der Waals surface area (Å²) in [5.74, 6) is -3.31. The molecule has 1 unspecified atom stereocenters. The molecule has 5 N–H and O–H groups in total. The van der Waals surface area contributed by atoms with E-state index in [1.165, 1.54) is 0 Å². The van der Waals surface area contributed by atoms with Crippen molar-refractivity contribution in [3.8, 4) is 6.07 Å². The summed E-state index contributed by atoms with van der Waals surface area (Å²) in [5.41, 5.74) is 9.98. The van der Waals surface area contributed by atoms with Crippen molar-refractivity contribution >= 4 is 11.9 Å². The molecule has 16 heavy (non-hydrogen) atoms. The second kappa shape index (κ2) is 7.47. The fourth-order valence-electron chi connectivity index (χ4n) is 0.362. The Hall–Kier alpha value is -1.82. The van der Waals surface area contributed by atoms with Crippen LogP contribution in [0.2, 0.25) is 0 Å². The van der Waals surface area contributed by atoms with Crippen LogP contribution in [0.5, 0.6) is 0 Å². The summed E-state index contributed by atoms with van der Waals surface area (Å²) in [6, 6.07) is 1.20. The molecular weight excluding hydrogens is 231 g/mol. The average molecular weight is 241 g/mol. The Labute approximate surface area is 88.6 Å². The summed E-state index contributed by atoms with van der Waals surface area (Å²) in [6.07, 6.45) is -4.45. The van der Waals surface area contributed by atoms with Gasteiger partial charge in [-0.1, -0.05) is 0 Å².